The molecule has 32 heavy (non-hydrogen) atoms. The lowest BCUT2D eigenvalue weighted by Gasteiger charge is -2.41. The fraction of sp³-hybridized carbons (Fsp3) is 0.375. The molecule has 0 radical (unpaired) electrons. The number of piperazine rings is 1. The third-order valence-corrected chi connectivity index (χ3v) is 6.24. The Morgan fingerprint density at radius 3 is 2.34 bits per heavy atom. The fourth-order valence-electron chi connectivity index (χ4n) is 4.94. The van der Waals surface area contributed by atoms with Crippen LogP contribution in [0.15, 0.2) is 36.4 Å². The maximum Gasteiger partial charge on any atom is 0.272 e. The van der Waals surface area contributed by atoms with Crippen LogP contribution in [0.3, 0.4) is 0 Å². The zero-order valence-electron chi connectivity index (χ0n) is 18.5. The van der Waals surface area contributed by atoms with Crippen molar-refractivity contribution in [3.8, 4) is 11.8 Å². The molecule has 2 fully saturated rings. The Morgan fingerprint density at radius 2 is 1.69 bits per heavy atom. The van der Waals surface area contributed by atoms with Gasteiger partial charge in [0.05, 0.1) is 23.0 Å². The Hall–Kier alpha value is -3.73. The molecule has 3 aromatic rings. The van der Waals surface area contributed by atoms with E-state index in [4.69, 9.17) is 0 Å². The summed E-state index contributed by atoms with van der Waals surface area (Å²) in [6.45, 7) is 7.12. The van der Waals surface area contributed by atoms with Gasteiger partial charge in [-0.05, 0) is 63.9 Å². The summed E-state index contributed by atoms with van der Waals surface area (Å²) >= 11 is 0. The third kappa shape index (κ3) is 3.50. The van der Waals surface area contributed by atoms with Crippen molar-refractivity contribution in [1.82, 2.24) is 24.6 Å². The third-order valence-electron chi connectivity index (χ3n) is 6.24. The smallest absolute Gasteiger partial charge is 0.272 e. The highest BCUT2D eigenvalue weighted by Crippen LogP contribution is 2.34. The van der Waals surface area contributed by atoms with Crippen molar-refractivity contribution in [1.29, 1.82) is 5.26 Å². The molecule has 0 saturated carbocycles. The van der Waals surface area contributed by atoms with E-state index in [0.29, 0.717) is 30.0 Å². The number of nitrogens with zero attached hydrogens (tertiary/aromatic N) is 7. The van der Waals surface area contributed by atoms with Crippen LogP contribution in [0, 0.1) is 32.1 Å². The number of anilines is 1. The van der Waals surface area contributed by atoms with Crippen LogP contribution in [-0.2, 0) is 0 Å². The molecule has 8 heteroatoms. The maximum atomic E-state index is 13.6. The number of hydrogen-bond donors (Lipinski definition) is 0. The van der Waals surface area contributed by atoms with Crippen molar-refractivity contribution in [2.75, 3.05) is 18.0 Å². The van der Waals surface area contributed by atoms with Crippen molar-refractivity contribution in [3.63, 3.8) is 0 Å². The van der Waals surface area contributed by atoms with Gasteiger partial charge in [0.2, 0.25) is 5.95 Å². The van der Waals surface area contributed by atoms with Gasteiger partial charge >= 0.3 is 0 Å². The number of carbonyl (C=O) groups is 1. The Morgan fingerprint density at radius 1 is 1.00 bits per heavy atom. The van der Waals surface area contributed by atoms with Crippen LogP contribution in [0.4, 0.5) is 5.95 Å². The molecule has 1 amide bonds. The van der Waals surface area contributed by atoms with Gasteiger partial charge in [-0.3, -0.25) is 4.79 Å². The number of carbonyl (C=O) groups excluding carboxylic acids is 1. The summed E-state index contributed by atoms with van der Waals surface area (Å²) in [5.74, 6) is 0.738. The van der Waals surface area contributed by atoms with Gasteiger partial charge in [0.25, 0.3) is 5.91 Å². The van der Waals surface area contributed by atoms with E-state index in [-0.39, 0.29) is 18.0 Å². The minimum absolute atomic E-state index is 0.0362. The number of aryl methyl sites for hydroxylation is 3. The Balaban J connectivity index is 1.42. The van der Waals surface area contributed by atoms with E-state index >= 15 is 0 Å². The van der Waals surface area contributed by atoms with E-state index in [2.05, 4.69) is 26.0 Å². The van der Waals surface area contributed by atoms with Gasteiger partial charge in [-0.2, -0.15) is 10.4 Å². The summed E-state index contributed by atoms with van der Waals surface area (Å²) in [5.41, 5.74) is 4.46. The van der Waals surface area contributed by atoms with Crippen LogP contribution in [0.2, 0.25) is 0 Å². The predicted molar refractivity (Wildman–Crippen MR) is 120 cm³/mol. The molecule has 2 bridgehead atoms. The quantitative estimate of drug-likeness (QED) is 0.638. The summed E-state index contributed by atoms with van der Waals surface area (Å²) in [4.78, 5) is 27.2. The molecule has 2 atom stereocenters. The van der Waals surface area contributed by atoms with Crippen molar-refractivity contribution < 1.29 is 4.79 Å². The van der Waals surface area contributed by atoms with Crippen LogP contribution in [0.5, 0.6) is 0 Å². The first-order valence-corrected chi connectivity index (χ1v) is 10.9. The minimum Gasteiger partial charge on any atom is -0.333 e. The first kappa shape index (κ1) is 20.2. The van der Waals surface area contributed by atoms with E-state index in [9.17, 15) is 10.1 Å². The van der Waals surface area contributed by atoms with Crippen LogP contribution < -0.4 is 4.90 Å². The standard InChI is InChI=1S/C24H25N7O/c1-15-9-16(2)27-24(26-15)30-20-7-8-21(30)14-29(13-20)23(32)22-10-17(3)28-31(22)19-6-4-5-18(11-19)12-25/h4-6,9-11,20-21H,7-8,13-14H2,1-3H3. The van der Waals surface area contributed by atoms with E-state index in [1.54, 1.807) is 16.8 Å². The second-order valence-electron chi connectivity index (χ2n) is 8.70. The van der Waals surface area contributed by atoms with Crippen molar-refractivity contribution >= 4 is 11.9 Å². The van der Waals surface area contributed by atoms with Crippen molar-refractivity contribution in [2.45, 2.75) is 45.7 Å². The Bertz CT molecular complexity index is 1210. The molecule has 4 heterocycles. The highest BCUT2D eigenvalue weighted by atomic mass is 16.2. The molecule has 8 nitrogen and oxygen atoms in total. The minimum atomic E-state index is -0.0362. The molecule has 1 aromatic carbocycles. The number of amides is 1. The maximum absolute atomic E-state index is 13.6. The number of benzene rings is 1. The predicted octanol–water partition coefficient (Wildman–Crippen LogP) is 2.95. The normalized spacial score (nSPS) is 19.8. The van der Waals surface area contributed by atoms with Gasteiger partial charge in [0.1, 0.15) is 5.69 Å². The van der Waals surface area contributed by atoms with Gasteiger partial charge in [-0.15, -0.1) is 0 Å². The fourth-order valence-corrected chi connectivity index (χ4v) is 4.94. The van der Waals surface area contributed by atoms with E-state index in [1.807, 2.05) is 49.9 Å². The highest BCUT2D eigenvalue weighted by Gasteiger charge is 2.43. The van der Waals surface area contributed by atoms with Crippen LogP contribution >= 0.6 is 0 Å². The molecular weight excluding hydrogens is 402 g/mol. The SMILES string of the molecule is Cc1cc(C)nc(N2C3CCC2CN(C(=O)c2cc(C)nn2-c2cccc(C#N)c2)C3)n1. The van der Waals surface area contributed by atoms with Crippen molar-refractivity contribution in [2.24, 2.45) is 0 Å². The molecule has 0 N–H and O–H groups in total. The zero-order valence-corrected chi connectivity index (χ0v) is 18.5. The average Bonchev–Trinajstić information content (AvgIpc) is 3.29. The van der Waals surface area contributed by atoms with E-state index in [1.165, 1.54) is 0 Å². The summed E-state index contributed by atoms with van der Waals surface area (Å²) in [6.07, 6.45) is 2.04. The zero-order chi connectivity index (χ0) is 22.4. The highest BCUT2D eigenvalue weighted by molar-refractivity contribution is 5.93. The molecule has 2 saturated heterocycles. The van der Waals surface area contributed by atoms with Crippen LogP contribution in [0.25, 0.3) is 5.69 Å². The Labute approximate surface area is 187 Å². The number of nitriles is 1. The van der Waals surface area contributed by atoms with E-state index in [0.717, 1.165) is 35.9 Å². The van der Waals surface area contributed by atoms with Gasteiger partial charge in [0.15, 0.2) is 0 Å². The number of fused-ring (bicyclic) bond motifs is 2. The largest absolute Gasteiger partial charge is 0.333 e. The summed E-state index contributed by atoms with van der Waals surface area (Å²) in [6, 6.07) is 13.5. The summed E-state index contributed by atoms with van der Waals surface area (Å²) < 4.78 is 1.65. The van der Waals surface area contributed by atoms with Crippen LogP contribution in [-0.4, -0.2) is 55.7 Å². The van der Waals surface area contributed by atoms with Gasteiger partial charge in [-0.1, -0.05) is 6.07 Å². The molecule has 162 valence electrons. The first-order valence-electron chi connectivity index (χ1n) is 10.9. The number of likely N-dealkylation sites (tertiary alicyclic amines) is 1. The molecule has 0 aliphatic carbocycles. The Kier molecular flexibility index (Phi) is 4.89. The van der Waals surface area contributed by atoms with Crippen molar-refractivity contribution in [3.05, 3.63) is 64.7 Å². The molecular formula is C24H25N7O. The van der Waals surface area contributed by atoms with Gasteiger partial charge < -0.3 is 9.80 Å². The lowest BCUT2D eigenvalue weighted by molar-refractivity contribution is 0.0707. The molecule has 2 aliphatic rings. The van der Waals surface area contributed by atoms with Crippen LogP contribution in [0.1, 0.15) is 46.0 Å². The second kappa shape index (κ2) is 7.75. The lowest BCUT2D eigenvalue weighted by atomic mass is 10.1. The monoisotopic (exact) mass is 427 g/mol. The first-order chi connectivity index (χ1) is 15.4. The topological polar surface area (TPSA) is 90.9 Å². The second-order valence-corrected chi connectivity index (χ2v) is 8.70. The average molecular weight is 428 g/mol. The van der Waals surface area contributed by atoms with Gasteiger partial charge in [-0.25, -0.2) is 14.6 Å². The van der Waals surface area contributed by atoms with Gasteiger partial charge in [0, 0.05) is 36.6 Å². The number of hydrogen-bond acceptors (Lipinski definition) is 6. The lowest BCUT2D eigenvalue weighted by Crippen LogP contribution is -2.56. The summed E-state index contributed by atoms with van der Waals surface area (Å²) in [5, 5.41) is 13.8. The number of rotatable bonds is 3. The summed E-state index contributed by atoms with van der Waals surface area (Å²) in [7, 11) is 0. The number of aromatic nitrogens is 4. The molecule has 2 aromatic heterocycles. The molecule has 0 spiro atoms. The molecule has 2 unspecified atom stereocenters. The molecule has 5 rings (SSSR count). The molecule has 2 aliphatic heterocycles. The van der Waals surface area contributed by atoms with E-state index < -0.39 is 0 Å².